The second-order valence-corrected chi connectivity index (χ2v) is 7.85. The van der Waals surface area contributed by atoms with Gasteiger partial charge in [0, 0.05) is 13.1 Å². The second kappa shape index (κ2) is 6.92. The van der Waals surface area contributed by atoms with Crippen LogP contribution < -0.4 is 5.32 Å². The van der Waals surface area contributed by atoms with Crippen molar-refractivity contribution in [2.75, 3.05) is 19.3 Å². The average molecular weight is 346 g/mol. The highest BCUT2D eigenvalue weighted by molar-refractivity contribution is 7.88. The summed E-state index contributed by atoms with van der Waals surface area (Å²) in [7, 11) is -3.32. The molecule has 1 N–H and O–H groups in total. The number of amides is 1. The van der Waals surface area contributed by atoms with Crippen LogP contribution in [0.4, 0.5) is 8.78 Å². The van der Waals surface area contributed by atoms with Gasteiger partial charge in [0.1, 0.15) is 0 Å². The normalized spacial score (nSPS) is 21.0. The quantitative estimate of drug-likeness (QED) is 0.904. The van der Waals surface area contributed by atoms with Crippen LogP contribution >= 0.6 is 0 Å². The van der Waals surface area contributed by atoms with Crippen molar-refractivity contribution < 1.29 is 22.0 Å². The number of hydrogen-bond donors (Lipinski definition) is 1. The third-order valence-corrected chi connectivity index (χ3v) is 5.30. The Morgan fingerprint density at radius 3 is 2.65 bits per heavy atom. The van der Waals surface area contributed by atoms with Crippen molar-refractivity contribution in [2.45, 2.75) is 25.8 Å². The lowest BCUT2D eigenvalue weighted by Crippen LogP contribution is -2.45. The summed E-state index contributed by atoms with van der Waals surface area (Å²) in [5, 5.41) is 2.74. The summed E-state index contributed by atoms with van der Waals surface area (Å²) >= 11 is 0. The van der Waals surface area contributed by atoms with Crippen molar-refractivity contribution in [1.82, 2.24) is 9.62 Å². The Morgan fingerprint density at radius 2 is 2.04 bits per heavy atom. The highest BCUT2D eigenvalue weighted by Gasteiger charge is 2.30. The van der Waals surface area contributed by atoms with Crippen molar-refractivity contribution in [3.05, 3.63) is 35.4 Å². The minimum atomic E-state index is -3.32. The number of nitrogens with one attached hydrogen (secondary N) is 1. The van der Waals surface area contributed by atoms with E-state index in [2.05, 4.69) is 5.32 Å². The lowest BCUT2D eigenvalue weighted by Gasteiger charge is -2.30. The van der Waals surface area contributed by atoms with Crippen LogP contribution in [0.25, 0.3) is 0 Å². The smallest absolute Gasteiger partial charge is 0.224 e. The molecule has 0 aliphatic carbocycles. The molecule has 8 heteroatoms. The molecule has 1 aliphatic heterocycles. The van der Waals surface area contributed by atoms with Gasteiger partial charge >= 0.3 is 0 Å². The molecule has 0 aromatic heterocycles. The number of carbonyl (C=O) groups is 1. The molecule has 0 bridgehead atoms. The summed E-state index contributed by atoms with van der Waals surface area (Å²) in [5.41, 5.74) is 0.452. The molecule has 0 radical (unpaired) electrons. The zero-order valence-corrected chi connectivity index (χ0v) is 13.9. The van der Waals surface area contributed by atoms with E-state index in [4.69, 9.17) is 0 Å². The topological polar surface area (TPSA) is 66.5 Å². The predicted octanol–water partition coefficient (Wildman–Crippen LogP) is 1.81. The maximum Gasteiger partial charge on any atom is 0.224 e. The molecular formula is C15H20F2N2O3S. The highest BCUT2D eigenvalue weighted by atomic mass is 32.2. The van der Waals surface area contributed by atoms with E-state index in [1.54, 1.807) is 6.92 Å². The molecule has 1 saturated heterocycles. The van der Waals surface area contributed by atoms with Crippen molar-refractivity contribution in [1.29, 1.82) is 0 Å². The predicted molar refractivity (Wildman–Crippen MR) is 82.1 cm³/mol. The summed E-state index contributed by atoms with van der Waals surface area (Å²) in [6.07, 6.45) is 2.34. The van der Waals surface area contributed by atoms with Crippen molar-refractivity contribution >= 4 is 15.9 Å². The molecule has 2 unspecified atom stereocenters. The molecule has 1 aromatic rings. The van der Waals surface area contributed by atoms with Gasteiger partial charge in [0.25, 0.3) is 0 Å². The number of nitrogens with zero attached hydrogens (tertiary/aromatic N) is 1. The number of sulfonamides is 1. The molecule has 1 fully saturated rings. The Kier molecular flexibility index (Phi) is 5.36. The lowest BCUT2D eigenvalue weighted by molar-refractivity contribution is -0.126. The van der Waals surface area contributed by atoms with Crippen molar-refractivity contribution in [3.8, 4) is 0 Å². The number of carbonyl (C=O) groups excluding carboxylic acids is 1. The summed E-state index contributed by atoms with van der Waals surface area (Å²) in [6.45, 7) is 2.23. The van der Waals surface area contributed by atoms with E-state index in [0.29, 0.717) is 24.9 Å². The van der Waals surface area contributed by atoms with Crippen molar-refractivity contribution in [3.63, 3.8) is 0 Å². The fourth-order valence-electron chi connectivity index (χ4n) is 2.65. The van der Waals surface area contributed by atoms with Gasteiger partial charge in [-0.3, -0.25) is 4.79 Å². The molecule has 0 spiro atoms. The first-order chi connectivity index (χ1) is 10.7. The van der Waals surface area contributed by atoms with Gasteiger partial charge in [-0.05, 0) is 37.5 Å². The van der Waals surface area contributed by atoms with Gasteiger partial charge in [-0.1, -0.05) is 6.07 Å². The Balaban J connectivity index is 2.01. The van der Waals surface area contributed by atoms with Crippen LogP contribution in [0.3, 0.4) is 0 Å². The van der Waals surface area contributed by atoms with Crippen LogP contribution in [-0.4, -0.2) is 38.0 Å². The van der Waals surface area contributed by atoms with E-state index in [1.165, 1.54) is 10.4 Å². The molecule has 23 heavy (non-hydrogen) atoms. The van der Waals surface area contributed by atoms with Crippen LogP contribution in [-0.2, 0) is 14.8 Å². The number of piperidine rings is 1. The molecule has 1 aromatic carbocycles. The molecule has 2 rings (SSSR count). The first kappa shape index (κ1) is 17.8. The fraction of sp³-hybridized carbons (Fsp3) is 0.533. The molecule has 1 amide bonds. The first-order valence-corrected chi connectivity index (χ1v) is 9.23. The van der Waals surface area contributed by atoms with E-state index in [0.717, 1.165) is 18.4 Å². The summed E-state index contributed by atoms with van der Waals surface area (Å²) in [5.74, 6) is -2.63. The molecule has 1 heterocycles. The molecule has 128 valence electrons. The monoisotopic (exact) mass is 346 g/mol. The van der Waals surface area contributed by atoms with Gasteiger partial charge < -0.3 is 5.32 Å². The van der Waals surface area contributed by atoms with E-state index in [9.17, 15) is 22.0 Å². The molecule has 2 atom stereocenters. The number of hydrogen-bond acceptors (Lipinski definition) is 3. The standard InChI is InChI=1S/C15H20F2N2O3S/c1-10(11-5-6-13(16)14(17)8-11)18-15(20)12-4-3-7-19(9-12)23(2,21)22/h5-6,8,10,12H,3-4,7,9H2,1-2H3,(H,18,20). The molecule has 5 nitrogen and oxygen atoms in total. The van der Waals surface area contributed by atoms with E-state index >= 15 is 0 Å². The van der Waals surface area contributed by atoms with Crippen LogP contribution in [0.1, 0.15) is 31.4 Å². The van der Waals surface area contributed by atoms with E-state index in [1.807, 2.05) is 0 Å². The third kappa shape index (κ3) is 4.48. The Morgan fingerprint density at radius 1 is 1.35 bits per heavy atom. The number of benzene rings is 1. The number of halogens is 2. The summed E-state index contributed by atoms with van der Waals surface area (Å²) in [6, 6.07) is 2.97. The zero-order chi connectivity index (χ0) is 17.2. The van der Waals surface area contributed by atoms with Gasteiger partial charge in [-0.15, -0.1) is 0 Å². The largest absolute Gasteiger partial charge is 0.349 e. The van der Waals surface area contributed by atoms with Gasteiger partial charge in [0.15, 0.2) is 11.6 Å². The molecule has 0 saturated carbocycles. The first-order valence-electron chi connectivity index (χ1n) is 7.39. The van der Waals surface area contributed by atoms with Gasteiger partial charge in [0.05, 0.1) is 18.2 Å². The maximum atomic E-state index is 13.3. The Hall–Kier alpha value is -1.54. The van der Waals surface area contributed by atoms with Gasteiger partial charge in [-0.25, -0.2) is 21.5 Å². The Labute approximate surface area is 134 Å². The minimum Gasteiger partial charge on any atom is -0.349 e. The van der Waals surface area contributed by atoms with Gasteiger partial charge in [-0.2, -0.15) is 0 Å². The van der Waals surface area contributed by atoms with E-state index in [-0.39, 0.29) is 12.5 Å². The fourth-order valence-corrected chi connectivity index (χ4v) is 3.57. The average Bonchev–Trinajstić information content (AvgIpc) is 2.49. The third-order valence-electron chi connectivity index (χ3n) is 4.03. The minimum absolute atomic E-state index is 0.148. The lowest BCUT2D eigenvalue weighted by atomic mass is 9.98. The molecular weight excluding hydrogens is 326 g/mol. The van der Waals surface area contributed by atoms with Crippen LogP contribution in [0.15, 0.2) is 18.2 Å². The van der Waals surface area contributed by atoms with E-state index < -0.39 is 33.6 Å². The molecule has 1 aliphatic rings. The SMILES string of the molecule is CC(NC(=O)C1CCCN(S(C)(=O)=O)C1)c1ccc(F)c(F)c1. The zero-order valence-electron chi connectivity index (χ0n) is 13.1. The van der Waals surface area contributed by atoms with Crippen LogP contribution in [0.5, 0.6) is 0 Å². The van der Waals surface area contributed by atoms with Crippen LogP contribution in [0.2, 0.25) is 0 Å². The van der Waals surface area contributed by atoms with Crippen molar-refractivity contribution in [2.24, 2.45) is 5.92 Å². The Bertz CT molecular complexity index is 694. The second-order valence-electron chi connectivity index (χ2n) is 5.86. The van der Waals surface area contributed by atoms with Crippen LogP contribution in [0, 0.1) is 17.6 Å². The summed E-state index contributed by atoms with van der Waals surface area (Å²) in [4.78, 5) is 12.3. The number of rotatable bonds is 4. The highest BCUT2D eigenvalue weighted by Crippen LogP contribution is 2.21. The summed E-state index contributed by atoms with van der Waals surface area (Å²) < 4.78 is 50.7. The van der Waals surface area contributed by atoms with Gasteiger partial charge in [0.2, 0.25) is 15.9 Å². The maximum absolute atomic E-state index is 13.3.